The number of nitrogens with zero attached hydrogens (tertiary/aromatic N) is 2. The number of hydrogen-bond donors (Lipinski definition) is 10. The van der Waals surface area contributed by atoms with Gasteiger partial charge in [0.2, 0.25) is 47.3 Å². The number of aromatic amines is 1. The number of ketones is 3. The third-order valence-corrected chi connectivity index (χ3v) is 21.0. The van der Waals surface area contributed by atoms with E-state index in [0.29, 0.717) is 140 Å². The number of nitrogens with one attached hydrogen (secondary N) is 6. The second kappa shape index (κ2) is 43.5. The molecule has 5 heterocycles. The highest BCUT2D eigenvalue weighted by atomic mass is 32.2. The number of methoxy groups -OCH3 is 1. The first-order chi connectivity index (χ1) is 48.4. The third kappa shape index (κ3) is 26.6. The fourth-order valence-electron chi connectivity index (χ4n) is 12.1. The summed E-state index contributed by atoms with van der Waals surface area (Å²) in [4.78, 5) is 158. The van der Waals surface area contributed by atoms with E-state index < -0.39 is 181 Å². The van der Waals surface area contributed by atoms with Crippen molar-refractivity contribution in [2.24, 2.45) is 29.4 Å². The van der Waals surface area contributed by atoms with Crippen LogP contribution in [-0.4, -0.2) is 285 Å². The fourth-order valence-corrected chi connectivity index (χ4v) is 14.8. The zero-order chi connectivity index (χ0) is 73.5. The van der Waals surface area contributed by atoms with Crippen LogP contribution in [0, 0.1) is 23.7 Å². The summed E-state index contributed by atoms with van der Waals surface area (Å²) in [7, 11) is -0.958. The molecule has 11 atom stereocenters. The number of primary amides is 1. The molecule has 34 heteroatoms. The SMILES string of the molecule is CC[C@H](C)[C@@H]1CC(=O)CNC(=O)[C@H]2CC(=O)[C@H]([C@@H](C)[C@@H](O)CO)NC(=O)[C@@H]3C[C@@H](O)CN3C(=O)[C@H](CC(N)=O)NC(=O)[C@H](CS(=O)c3[nH]c4c(CSC5CCN(C(=O)CCOCCOCCOCCOCCOCCOCCOCCC(C)=O)CC5)c(OC)ccc4c3C2)NC(=O)CNC1=O. The van der Waals surface area contributed by atoms with Crippen LogP contribution in [0.4, 0.5) is 0 Å². The van der Waals surface area contributed by atoms with Crippen molar-refractivity contribution in [3.8, 4) is 5.75 Å². The van der Waals surface area contributed by atoms with Gasteiger partial charge in [0.15, 0.2) is 11.6 Å². The summed E-state index contributed by atoms with van der Waals surface area (Å²) in [5.74, 6) is -12.6. The maximum atomic E-state index is 15.5. The molecule has 8 amide bonds. The number of carbonyl (C=O) groups is 11. The monoisotopic (exact) mass is 1470 g/mol. The lowest BCUT2D eigenvalue weighted by atomic mass is 9.85. The fraction of sp³-hybridized carbons (Fsp3) is 0.716. The molecule has 0 aliphatic carbocycles. The molecule has 4 aliphatic heterocycles. The molecular weight excluding hydrogens is 1360 g/mol. The number of nitrogens with two attached hydrogens (primary N) is 1. The summed E-state index contributed by atoms with van der Waals surface area (Å²) in [5, 5.41) is 45.2. The van der Waals surface area contributed by atoms with E-state index in [2.05, 4.69) is 31.6 Å². The van der Waals surface area contributed by atoms with Gasteiger partial charge in [0, 0.05) is 85.0 Å². The topological polar surface area (TPSA) is 448 Å². The first kappa shape index (κ1) is 83.4. The maximum Gasteiger partial charge on any atom is 0.246 e. The number of piperidine rings is 1. The summed E-state index contributed by atoms with van der Waals surface area (Å²) in [5.41, 5.74) is 6.78. The number of amides is 8. The van der Waals surface area contributed by atoms with Crippen LogP contribution in [0.3, 0.4) is 0 Å². The number of ether oxygens (including phenoxy) is 8. The first-order valence-corrected chi connectivity index (χ1v) is 36.9. The highest BCUT2D eigenvalue weighted by molar-refractivity contribution is 7.99. The average molecular weight is 1470 g/mol. The van der Waals surface area contributed by atoms with Gasteiger partial charge in [-0.05, 0) is 49.8 Å². The van der Waals surface area contributed by atoms with Crippen molar-refractivity contribution in [3.63, 3.8) is 0 Å². The summed E-state index contributed by atoms with van der Waals surface area (Å²) in [6.07, 6.45) is -3.57. The second-order valence-corrected chi connectivity index (χ2v) is 28.3. The smallest absolute Gasteiger partial charge is 0.246 e. The number of benzene rings is 1. The number of hydrogen-bond acceptors (Lipinski definition) is 24. The number of carbonyl (C=O) groups excluding carboxylic acids is 11. The second-order valence-electron chi connectivity index (χ2n) is 25.6. The Balaban J connectivity index is 1.17. The zero-order valence-electron chi connectivity index (χ0n) is 58.4. The van der Waals surface area contributed by atoms with Crippen LogP contribution in [0.25, 0.3) is 10.9 Å². The van der Waals surface area contributed by atoms with Gasteiger partial charge in [-0.3, -0.25) is 56.9 Å². The van der Waals surface area contributed by atoms with E-state index in [1.165, 1.54) is 21.0 Å². The maximum absolute atomic E-state index is 15.5. The van der Waals surface area contributed by atoms with E-state index in [-0.39, 0.29) is 59.3 Å². The van der Waals surface area contributed by atoms with Crippen molar-refractivity contribution in [2.75, 3.05) is 145 Å². The van der Waals surface area contributed by atoms with Gasteiger partial charge in [-0.1, -0.05) is 27.2 Å². The molecule has 1 unspecified atom stereocenters. The normalized spacial score (nSPS) is 23.6. The minimum atomic E-state index is -2.42. The third-order valence-electron chi connectivity index (χ3n) is 18.2. The van der Waals surface area contributed by atoms with Crippen LogP contribution >= 0.6 is 11.8 Å². The number of fused-ring (bicyclic) bond motifs is 5. The van der Waals surface area contributed by atoms with E-state index in [9.17, 15) is 63.3 Å². The van der Waals surface area contributed by atoms with Gasteiger partial charge in [0.05, 0.1) is 172 Å². The Kier molecular flexibility index (Phi) is 35.9. The number of aromatic nitrogens is 1. The van der Waals surface area contributed by atoms with Crippen molar-refractivity contribution in [1.29, 1.82) is 0 Å². The van der Waals surface area contributed by atoms with Gasteiger partial charge < -0.3 is 100 Å². The van der Waals surface area contributed by atoms with Gasteiger partial charge in [-0.2, -0.15) is 11.8 Å². The van der Waals surface area contributed by atoms with E-state index >= 15 is 9.00 Å². The van der Waals surface area contributed by atoms with Crippen molar-refractivity contribution >= 4 is 98.1 Å². The van der Waals surface area contributed by atoms with Gasteiger partial charge in [0.25, 0.3) is 0 Å². The van der Waals surface area contributed by atoms with E-state index in [1.807, 2.05) is 0 Å². The molecule has 0 saturated carbocycles. The number of aliphatic hydroxyl groups excluding tert-OH is 3. The lowest BCUT2D eigenvalue weighted by Crippen LogP contribution is -2.60. The molecular formula is C67H103N9O23S2. The first-order valence-electron chi connectivity index (χ1n) is 34.5. The molecule has 6 rings (SSSR count). The Bertz CT molecular complexity index is 3130. The predicted molar refractivity (Wildman–Crippen MR) is 366 cm³/mol. The number of Topliss-reactive ketones (excluding diaryl/α,β-unsaturated/α-hetero) is 3. The molecule has 11 N–H and O–H groups in total. The summed E-state index contributed by atoms with van der Waals surface area (Å²) < 4.78 is 60.0. The van der Waals surface area contributed by atoms with Crippen molar-refractivity contribution in [2.45, 2.75) is 144 Å². The minimum absolute atomic E-state index is 0.0420. The van der Waals surface area contributed by atoms with E-state index in [1.54, 1.807) is 42.6 Å². The van der Waals surface area contributed by atoms with Crippen LogP contribution in [0.5, 0.6) is 5.75 Å². The lowest BCUT2D eigenvalue weighted by Gasteiger charge is -2.32. The quantitative estimate of drug-likeness (QED) is 0.0343. The number of H-pyrrole nitrogens is 1. The highest BCUT2D eigenvalue weighted by Crippen LogP contribution is 2.39. The number of likely N-dealkylation sites (tertiary alicyclic amines) is 1. The van der Waals surface area contributed by atoms with Crippen molar-refractivity contribution in [1.82, 2.24) is 41.4 Å². The molecule has 1 aromatic heterocycles. The van der Waals surface area contributed by atoms with Crippen LogP contribution in [0.1, 0.15) is 96.6 Å². The Morgan fingerprint density at radius 2 is 1.33 bits per heavy atom. The molecule has 0 radical (unpaired) electrons. The summed E-state index contributed by atoms with van der Waals surface area (Å²) in [6.45, 7) is 9.81. The van der Waals surface area contributed by atoms with Crippen LogP contribution < -0.4 is 37.1 Å². The molecule has 101 heavy (non-hydrogen) atoms. The molecule has 2 saturated heterocycles. The molecule has 2 fully saturated rings. The van der Waals surface area contributed by atoms with Gasteiger partial charge in [-0.25, -0.2) is 0 Å². The standard InChI is InChI=1S/C67H103N9O23S2/c1-6-40(2)48-31-44(79)34-69-62(86)43-29-49-47-7-8-56(92-5)50(38-100-46-9-13-75(14-10-46)59(85)12-16-94-18-20-96-22-24-98-26-28-99-27-25-97-23-21-95-19-17-93-15-11-41(3)78)61(47)74-66(49)101(91)39-52(71-58(84)35-70-63(48)87)64(88)72-51(33-57(68)83)67(90)76-36-45(80)32-53(76)65(89)73-60(54(81)30-43)42(4)55(82)37-77/h7-8,40,42-43,45-46,48,51-53,55,60,74,77,80,82H,6,9-39H2,1-5H3,(H2,68,83)(H,69,86)(H,70,87)(H,71,84)(H,72,88)(H,73,89)/t40-,42-,43+,45+,48-,51-,52-,53-,55-,60-,101?/m0/s1. The predicted octanol–water partition coefficient (Wildman–Crippen LogP) is -1.73. The van der Waals surface area contributed by atoms with E-state index in [0.717, 1.165) is 4.90 Å². The largest absolute Gasteiger partial charge is 0.496 e. The Morgan fingerprint density at radius 3 is 1.89 bits per heavy atom. The molecule has 1 aromatic carbocycles. The van der Waals surface area contributed by atoms with Crippen LogP contribution in [0.2, 0.25) is 0 Å². The highest BCUT2D eigenvalue weighted by Gasteiger charge is 2.45. The van der Waals surface area contributed by atoms with Crippen molar-refractivity contribution in [3.05, 3.63) is 23.3 Å². The molecule has 2 aromatic rings. The van der Waals surface area contributed by atoms with Crippen molar-refractivity contribution < 1.29 is 110 Å². The van der Waals surface area contributed by atoms with Crippen LogP contribution in [-0.2, 0) is 109 Å². The van der Waals surface area contributed by atoms with E-state index in [4.69, 9.17) is 43.6 Å². The Morgan fingerprint density at radius 1 is 0.743 bits per heavy atom. The number of thioether (sulfide) groups is 1. The molecule has 566 valence electrons. The van der Waals surface area contributed by atoms with Crippen LogP contribution in [0.15, 0.2) is 17.2 Å². The van der Waals surface area contributed by atoms with Gasteiger partial charge in [0.1, 0.15) is 34.7 Å². The minimum Gasteiger partial charge on any atom is -0.496 e. The van der Waals surface area contributed by atoms with Gasteiger partial charge >= 0.3 is 0 Å². The molecule has 4 aliphatic rings. The molecule has 32 nitrogen and oxygen atoms in total. The number of aliphatic hydroxyl groups is 3. The zero-order valence-corrected chi connectivity index (χ0v) is 60.1. The number of rotatable bonds is 35. The molecule has 2 bridgehead atoms. The Labute approximate surface area is 594 Å². The average Bonchev–Trinajstić information content (AvgIpc) is 1.62. The Hall–Kier alpha value is -6.57. The summed E-state index contributed by atoms with van der Waals surface area (Å²) in [6, 6.07) is -3.64. The summed E-state index contributed by atoms with van der Waals surface area (Å²) >= 11 is 1.58. The van der Waals surface area contributed by atoms with Gasteiger partial charge in [-0.15, -0.1) is 0 Å². The molecule has 0 spiro atoms. The lowest BCUT2D eigenvalue weighted by molar-refractivity contribution is -0.144.